The van der Waals surface area contributed by atoms with E-state index in [9.17, 15) is 19.5 Å². The van der Waals surface area contributed by atoms with Crippen molar-refractivity contribution in [3.63, 3.8) is 0 Å². The van der Waals surface area contributed by atoms with Crippen molar-refractivity contribution in [2.75, 3.05) is 23.8 Å². The number of fused-ring (bicyclic) bond motifs is 2. The average Bonchev–Trinajstić information content (AvgIpc) is 3.51. The number of likely N-dealkylation sites (tertiary alicyclic amines) is 1. The summed E-state index contributed by atoms with van der Waals surface area (Å²) in [6.45, 7) is 0.0698. The molecule has 3 N–H and O–H groups in total. The number of carbonyl (C=O) groups excluding carboxylic acids is 3. The molecule has 196 valence electrons. The van der Waals surface area contributed by atoms with E-state index < -0.39 is 29.6 Å². The SMILES string of the molecule is O=C(Nc1ccc2ccccc2c1)C1N(CCCO)C(=O)[C@@H]2[C@@H](C(=O)Nc3ccccc3)[C@@H]3OC12CC3Br. The van der Waals surface area contributed by atoms with Gasteiger partial charge in [0.25, 0.3) is 0 Å². The zero-order valence-corrected chi connectivity index (χ0v) is 22.1. The molecule has 3 saturated heterocycles. The summed E-state index contributed by atoms with van der Waals surface area (Å²) in [4.78, 5) is 42.6. The number of rotatable bonds is 7. The summed E-state index contributed by atoms with van der Waals surface area (Å²) in [5, 5.41) is 17.5. The van der Waals surface area contributed by atoms with Gasteiger partial charge in [0.15, 0.2) is 0 Å². The minimum absolute atomic E-state index is 0.122. The summed E-state index contributed by atoms with van der Waals surface area (Å²) in [6, 6.07) is 21.7. The molecule has 6 atom stereocenters. The number of nitrogens with zero attached hydrogens (tertiary/aromatic N) is 1. The van der Waals surface area contributed by atoms with Gasteiger partial charge in [0.1, 0.15) is 11.6 Å². The molecule has 38 heavy (non-hydrogen) atoms. The first-order valence-electron chi connectivity index (χ1n) is 12.8. The number of hydrogen-bond donors (Lipinski definition) is 3. The Kier molecular flexibility index (Phi) is 6.45. The molecule has 3 aromatic rings. The summed E-state index contributed by atoms with van der Waals surface area (Å²) in [5.41, 5.74) is 0.100. The van der Waals surface area contributed by atoms with E-state index >= 15 is 0 Å². The third-order valence-corrected chi connectivity index (χ3v) is 8.80. The fraction of sp³-hybridized carbons (Fsp3) is 0.345. The average molecular weight is 578 g/mol. The predicted octanol–water partition coefficient (Wildman–Crippen LogP) is 3.55. The van der Waals surface area contributed by atoms with Gasteiger partial charge in [0.05, 0.1) is 17.9 Å². The Morgan fingerprint density at radius 2 is 1.68 bits per heavy atom. The molecule has 3 unspecified atom stereocenters. The quantitative estimate of drug-likeness (QED) is 0.372. The van der Waals surface area contributed by atoms with Crippen LogP contribution in [-0.2, 0) is 19.1 Å². The van der Waals surface area contributed by atoms with Gasteiger partial charge in [-0.15, -0.1) is 0 Å². The lowest BCUT2D eigenvalue weighted by Crippen LogP contribution is -2.54. The van der Waals surface area contributed by atoms with E-state index in [1.165, 1.54) is 4.90 Å². The van der Waals surface area contributed by atoms with E-state index in [-0.39, 0.29) is 35.7 Å². The van der Waals surface area contributed by atoms with Crippen LogP contribution in [0.3, 0.4) is 0 Å². The minimum Gasteiger partial charge on any atom is -0.396 e. The van der Waals surface area contributed by atoms with Crippen LogP contribution in [0.1, 0.15) is 12.8 Å². The first kappa shape index (κ1) is 25.0. The molecule has 8 nitrogen and oxygen atoms in total. The van der Waals surface area contributed by atoms with E-state index in [0.717, 1.165) is 10.8 Å². The van der Waals surface area contributed by atoms with Gasteiger partial charge < -0.3 is 25.4 Å². The molecule has 0 saturated carbocycles. The minimum atomic E-state index is -1.15. The van der Waals surface area contributed by atoms with Crippen LogP contribution in [0.2, 0.25) is 0 Å². The molecule has 9 heteroatoms. The molecule has 3 fully saturated rings. The topological polar surface area (TPSA) is 108 Å². The number of halogens is 1. The molecule has 3 aliphatic heterocycles. The fourth-order valence-corrected chi connectivity index (χ4v) is 7.38. The lowest BCUT2D eigenvalue weighted by Gasteiger charge is -2.34. The van der Waals surface area contributed by atoms with Crippen molar-refractivity contribution in [2.24, 2.45) is 11.8 Å². The molecule has 0 radical (unpaired) electrons. The van der Waals surface area contributed by atoms with Crippen LogP contribution >= 0.6 is 15.9 Å². The van der Waals surface area contributed by atoms with Crippen LogP contribution in [0.15, 0.2) is 72.8 Å². The first-order valence-corrected chi connectivity index (χ1v) is 13.7. The molecule has 3 aliphatic rings. The zero-order valence-electron chi connectivity index (χ0n) is 20.5. The predicted molar refractivity (Wildman–Crippen MR) is 147 cm³/mol. The summed E-state index contributed by atoms with van der Waals surface area (Å²) >= 11 is 3.68. The van der Waals surface area contributed by atoms with Gasteiger partial charge in [-0.25, -0.2) is 0 Å². The second-order valence-corrected chi connectivity index (χ2v) is 11.4. The standard InChI is InChI=1S/C29H28BrN3O5/c30-21-16-29-23(22(24(21)38-29)26(35)31-19-9-2-1-3-10-19)28(37)33(13-6-14-34)25(29)27(36)32-20-12-11-17-7-4-5-8-18(17)15-20/h1-5,7-12,15,21-25,34H,6,13-14,16H2,(H,31,35)(H,32,36)/t21?,22-,23+,24-,25?,29?/m1/s1. The number of ether oxygens (including phenoxy) is 1. The fourth-order valence-electron chi connectivity index (χ4n) is 6.44. The number of para-hydroxylation sites is 1. The largest absolute Gasteiger partial charge is 0.396 e. The molecule has 3 amide bonds. The van der Waals surface area contributed by atoms with Crippen molar-refractivity contribution in [3.8, 4) is 0 Å². The van der Waals surface area contributed by atoms with Crippen molar-refractivity contribution >= 4 is 55.8 Å². The van der Waals surface area contributed by atoms with Gasteiger partial charge in [-0.2, -0.15) is 0 Å². The second-order valence-electron chi connectivity index (χ2n) is 10.2. The number of anilines is 2. The molecule has 1 spiro atoms. The number of benzene rings is 3. The molecule has 0 aliphatic carbocycles. The van der Waals surface area contributed by atoms with E-state index in [2.05, 4.69) is 26.6 Å². The number of carbonyl (C=O) groups is 3. The Bertz CT molecular complexity index is 1400. The Morgan fingerprint density at radius 3 is 2.45 bits per heavy atom. The molecule has 6 rings (SSSR count). The highest BCUT2D eigenvalue weighted by Crippen LogP contribution is 2.60. The van der Waals surface area contributed by atoms with Crippen molar-refractivity contribution in [1.82, 2.24) is 4.90 Å². The van der Waals surface area contributed by atoms with E-state index in [4.69, 9.17) is 4.74 Å². The molecule has 0 aromatic heterocycles. The Hall–Kier alpha value is -3.27. The summed E-state index contributed by atoms with van der Waals surface area (Å²) in [5.74, 6) is -2.50. The Labute approximate surface area is 228 Å². The zero-order chi connectivity index (χ0) is 26.4. The summed E-state index contributed by atoms with van der Waals surface area (Å²) in [6.07, 6.45) is 0.203. The maximum absolute atomic E-state index is 13.9. The van der Waals surface area contributed by atoms with Gasteiger partial charge in [0, 0.05) is 29.4 Å². The maximum Gasteiger partial charge on any atom is 0.250 e. The smallest absolute Gasteiger partial charge is 0.250 e. The molecule has 3 heterocycles. The highest BCUT2D eigenvalue weighted by molar-refractivity contribution is 9.09. The molecule has 2 bridgehead atoms. The third-order valence-electron chi connectivity index (χ3n) is 7.96. The number of alkyl halides is 1. The molecular weight excluding hydrogens is 550 g/mol. The van der Waals surface area contributed by atoms with Crippen molar-refractivity contribution in [1.29, 1.82) is 0 Å². The highest BCUT2D eigenvalue weighted by atomic mass is 79.9. The van der Waals surface area contributed by atoms with Crippen molar-refractivity contribution in [3.05, 3.63) is 72.8 Å². The van der Waals surface area contributed by atoms with Gasteiger partial charge in [-0.05, 0) is 47.9 Å². The van der Waals surface area contributed by atoms with Gasteiger partial charge in [0.2, 0.25) is 17.7 Å². The van der Waals surface area contributed by atoms with Crippen molar-refractivity contribution < 1.29 is 24.2 Å². The first-order chi connectivity index (χ1) is 18.4. The lowest BCUT2D eigenvalue weighted by atomic mass is 9.70. The number of aliphatic hydroxyl groups excluding tert-OH is 1. The normalized spacial score (nSPS) is 29.5. The van der Waals surface area contributed by atoms with Crippen molar-refractivity contribution in [2.45, 2.75) is 35.4 Å². The van der Waals surface area contributed by atoms with E-state index in [0.29, 0.717) is 24.2 Å². The number of aliphatic hydroxyl groups is 1. The van der Waals surface area contributed by atoms with Crippen LogP contribution in [0.4, 0.5) is 11.4 Å². The van der Waals surface area contributed by atoms with Crippen LogP contribution in [-0.4, -0.2) is 63.5 Å². The Morgan fingerprint density at radius 1 is 0.974 bits per heavy atom. The second kappa shape index (κ2) is 9.80. The van der Waals surface area contributed by atoms with Crippen LogP contribution in [0.5, 0.6) is 0 Å². The lowest BCUT2D eigenvalue weighted by molar-refractivity contribution is -0.139. The monoisotopic (exact) mass is 577 g/mol. The highest BCUT2D eigenvalue weighted by Gasteiger charge is 2.76. The maximum atomic E-state index is 13.9. The number of amides is 3. The number of hydrogen-bond acceptors (Lipinski definition) is 5. The number of nitrogens with one attached hydrogen (secondary N) is 2. The molecule has 3 aromatic carbocycles. The Balaban J connectivity index is 1.33. The van der Waals surface area contributed by atoms with Gasteiger partial charge in [-0.3, -0.25) is 14.4 Å². The van der Waals surface area contributed by atoms with Crippen LogP contribution in [0.25, 0.3) is 10.8 Å². The summed E-state index contributed by atoms with van der Waals surface area (Å²) in [7, 11) is 0. The van der Waals surface area contributed by atoms with E-state index in [1.54, 1.807) is 12.1 Å². The molecular formula is C29H28BrN3O5. The van der Waals surface area contributed by atoms with E-state index in [1.807, 2.05) is 60.7 Å². The van der Waals surface area contributed by atoms with Crippen LogP contribution in [0, 0.1) is 11.8 Å². The van der Waals surface area contributed by atoms with Crippen LogP contribution < -0.4 is 10.6 Å². The third kappa shape index (κ3) is 4.00. The van der Waals surface area contributed by atoms with Gasteiger partial charge in [-0.1, -0.05) is 64.5 Å². The van der Waals surface area contributed by atoms with Gasteiger partial charge >= 0.3 is 0 Å². The summed E-state index contributed by atoms with van der Waals surface area (Å²) < 4.78 is 6.50.